The lowest BCUT2D eigenvalue weighted by Gasteiger charge is -2.22. The minimum Gasteiger partial charge on any atom is -0.339 e. The molecule has 0 aromatic heterocycles. The molecule has 16 heavy (non-hydrogen) atoms. The molecule has 0 heterocycles. The van der Waals surface area contributed by atoms with Crippen LogP contribution in [0.3, 0.4) is 0 Å². The van der Waals surface area contributed by atoms with E-state index in [0.717, 1.165) is 11.9 Å². The Morgan fingerprint density at radius 3 is 2.06 bits per heavy atom. The second-order valence-corrected chi connectivity index (χ2v) is 7.12. The molecule has 0 aliphatic heterocycles. The lowest BCUT2D eigenvalue weighted by Crippen LogP contribution is -2.37. The van der Waals surface area contributed by atoms with Gasteiger partial charge >= 0.3 is 0 Å². The number of amides is 1. The second-order valence-electron chi connectivity index (χ2n) is 6.33. The van der Waals surface area contributed by atoms with E-state index in [2.05, 4.69) is 48.5 Å². The van der Waals surface area contributed by atoms with Gasteiger partial charge in [-0.2, -0.15) is 0 Å². The number of hydrogen-bond donors (Lipinski definition) is 0. The monoisotopic (exact) mass is 287 g/mol. The van der Waals surface area contributed by atoms with E-state index in [0.29, 0.717) is 11.9 Å². The van der Waals surface area contributed by atoms with Crippen molar-refractivity contribution in [1.82, 2.24) is 4.90 Å². The van der Waals surface area contributed by atoms with Gasteiger partial charge in [0.1, 0.15) is 0 Å². The number of nitrogens with zero attached hydrogens (tertiary/aromatic N) is 1. The summed E-state index contributed by atoms with van der Waals surface area (Å²) in [7, 11) is 0. The van der Waals surface area contributed by atoms with E-state index < -0.39 is 0 Å². The summed E-state index contributed by atoms with van der Waals surface area (Å²) in [6, 6.07) is 0.539. The van der Waals surface area contributed by atoms with Crippen molar-refractivity contribution in [2.75, 3.05) is 11.9 Å². The van der Waals surface area contributed by atoms with Crippen LogP contribution in [-0.2, 0) is 4.79 Å². The standard InChI is InChI=1S/C13H22BrNO/c1-12(2)10(13(12,3)4)11(16)15(8-7-14)9-5-6-9/h9-10H,5-8H2,1-4H3. The molecule has 0 saturated heterocycles. The Morgan fingerprint density at radius 1 is 1.25 bits per heavy atom. The maximum Gasteiger partial charge on any atom is 0.227 e. The van der Waals surface area contributed by atoms with Gasteiger partial charge in [-0.25, -0.2) is 0 Å². The van der Waals surface area contributed by atoms with Crippen molar-refractivity contribution in [3.05, 3.63) is 0 Å². The van der Waals surface area contributed by atoms with Crippen LogP contribution in [0, 0.1) is 16.7 Å². The van der Waals surface area contributed by atoms with Gasteiger partial charge in [0.05, 0.1) is 0 Å². The third kappa shape index (κ3) is 1.71. The van der Waals surface area contributed by atoms with Crippen molar-refractivity contribution in [3.63, 3.8) is 0 Å². The van der Waals surface area contributed by atoms with Gasteiger partial charge in [0.15, 0.2) is 0 Å². The van der Waals surface area contributed by atoms with Crippen LogP contribution in [0.1, 0.15) is 40.5 Å². The Hall–Kier alpha value is -0.0500. The largest absolute Gasteiger partial charge is 0.339 e. The molecule has 2 fully saturated rings. The Morgan fingerprint density at radius 2 is 1.75 bits per heavy atom. The zero-order chi connectivity index (χ0) is 12.1. The summed E-state index contributed by atoms with van der Waals surface area (Å²) < 4.78 is 0. The summed E-state index contributed by atoms with van der Waals surface area (Å²) in [4.78, 5) is 14.6. The molecule has 2 aliphatic carbocycles. The molecule has 92 valence electrons. The number of rotatable bonds is 4. The molecule has 2 saturated carbocycles. The van der Waals surface area contributed by atoms with E-state index >= 15 is 0 Å². The van der Waals surface area contributed by atoms with Crippen molar-refractivity contribution in [2.24, 2.45) is 16.7 Å². The summed E-state index contributed by atoms with van der Waals surface area (Å²) in [6.07, 6.45) is 2.40. The van der Waals surface area contributed by atoms with Gasteiger partial charge in [-0.3, -0.25) is 4.79 Å². The Bertz CT molecular complexity index is 293. The number of carbonyl (C=O) groups is 1. The Kier molecular flexibility index (Phi) is 2.89. The van der Waals surface area contributed by atoms with Gasteiger partial charge < -0.3 is 4.90 Å². The maximum absolute atomic E-state index is 12.5. The van der Waals surface area contributed by atoms with Crippen molar-refractivity contribution >= 4 is 21.8 Å². The molecule has 2 rings (SSSR count). The summed E-state index contributed by atoms with van der Waals surface area (Å²) in [5.41, 5.74) is 0.340. The third-order valence-corrected chi connectivity index (χ3v) is 5.22. The minimum atomic E-state index is 0.170. The quantitative estimate of drug-likeness (QED) is 0.728. The molecule has 3 heteroatoms. The summed E-state index contributed by atoms with van der Waals surface area (Å²) >= 11 is 3.45. The summed E-state index contributed by atoms with van der Waals surface area (Å²) in [5, 5.41) is 0.892. The second kappa shape index (κ2) is 3.72. The van der Waals surface area contributed by atoms with Crippen molar-refractivity contribution in [2.45, 2.75) is 46.6 Å². The molecule has 0 radical (unpaired) electrons. The van der Waals surface area contributed by atoms with Crippen molar-refractivity contribution in [3.8, 4) is 0 Å². The molecule has 0 aromatic carbocycles. The first kappa shape index (κ1) is 12.4. The van der Waals surface area contributed by atoms with Gasteiger partial charge in [-0.05, 0) is 23.7 Å². The normalized spacial score (nSPS) is 26.6. The Balaban J connectivity index is 2.07. The molecule has 0 unspecified atom stereocenters. The highest BCUT2D eigenvalue weighted by molar-refractivity contribution is 9.09. The molecule has 0 aromatic rings. The molecule has 0 bridgehead atoms. The maximum atomic E-state index is 12.5. The van der Waals surface area contributed by atoms with Crippen molar-refractivity contribution < 1.29 is 4.79 Å². The van der Waals surface area contributed by atoms with Gasteiger partial charge in [-0.15, -0.1) is 0 Å². The van der Waals surface area contributed by atoms with Crippen LogP contribution >= 0.6 is 15.9 Å². The van der Waals surface area contributed by atoms with Crippen molar-refractivity contribution in [1.29, 1.82) is 0 Å². The predicted octanol–water partition coefficient (Wildman–Crippen LogP) is 3.05. The topological polar surface area (TPSA) is 20.3 Å². The average molecular weight is 288 g/mol. The number of halogens is 1. The molecule has 2 aliphatic rings. The minimum absolute atomic E-state index is 0.170. The molecule has 1 amide bonds. The first-order valence-corrected chi connectivity index (χ1v) is 7.32. The lowest BCUT2D eigenvalue weighted by molar-refractivity contribution is -0.134. The highest BCUT2D eigenvalue weighted by Crippen LogP contribution is 2.69. The summed E-state index contributed by atoms with van der Waals surface area (Å²) in [6.45, 7) is 9.74. The zero-order valence-corrected chi connectivity index (χ0v) is 12.3. The lowest BCUT2D eigenvalue weighted by atomic mass is 10.0. The van der Waals surface area contributed by atoms with Crippen LogP contribution in [0.5, 0.6) is 0 Å². The van der Waals surface area contributed by atoms with Crippen LogP contribution in [0.25, 0.3) is 0 Å². The first-order chi connectivity index (χ1) is 7.34. The Labute approximate surface area is 107 Å². The fourth-order valence-corrected chi connectivity index (χ4v) is 3.31. The fraction of sp³-hybridized carbons (Fsp3) is 0.923. The highest BCUT2D eigenvalue weighted by atomic mass is 79.9. The van der Waals surface area contributed by atoms with Crippen LogP contribution in [0.15, 0.2) is 0 Å². The molecule has 0 N–H and O–H groups in total. The summed E-state index contributed by atoms with van der Waals surface area (Å²) in [5.74, 6) is 0.608. The SMILES string of the molecule is CC1(C)C(C(=O)N(CCBr)C2CC2)C1(C)C. The molecule has 2 nitrogen and oxygen atoms in total. The fourth-order valence-electron chi connectivity index (χ4n) is 2.93. The van der Waals surface area contributed by atoms with E-state index in [-0.39, 0.29) is 16.7 Å². The zero-order valence-electron chi connectivity index (χ0n) is 10.7. The third-order valence-electron chi connectivity index (χ3n) is 4.86. The highest BCUT2D eigenvalue weighted by Gasteiger charge is 2.69. The van der Waals surface area contributed by atoms with Gasteiger partial charge in [0.25, 0.3) is 0 Å². The smallest absolute Gasteiger partial charge is 0.227 e. The van der Waals surface area contributed by atoms with Gasteiger partial charge in [0, 0.05) is 23.8 Å². The average Bonchev–Trinajstić information content (AvgIpc) is 3.01. The van der Waals surface area contributed by atoms with Gasteiger partial charge in [-0.1, -0.05) is 43.6 Å². The molecule has 0 spiro atoms. The van der Waals surface area contributed by atoms with Crippen LogP contribution in [0.4, 0.5) is 0 Å². The number of carbonyl (C=O) groups excluding carboxylic acids is 1. The first-order valence-electron chi connectivity index (χ1n) is 6.20. The molecular weight excluding hydrogens is 266 g/mol. The van der Waals surface area contributed by atoms with E-state index in [1.165, 1.54) is 12.8 Å². The van der Waals surface area contributed by atoms with Crippen LogP contribution in [0.2, 0.25) is 0 Å². The number of hydrogen-bond acceptors (Lipinski definition) is 1. The van der Waals surface area contributed by atoms with E-state index in [1.54, 1.807) is 0 Å². The molecule has 0 atom stereocenters. The predicted molar refractivity (Wildman–Crippen MR) is 69.6 cm³/mol. The number of alkyl halides is 1. The van der Waals surface area contributed by atoms with Crippen LogP contribution in [-0.4, -0.2) is 28.7 Å². The van der Waals surface area contributed by atoms with E-state index in [4.69, 9.17) is 0 Å². The molecular formula is C13H22BrNO. The van der Waals surface area contributed by atoms with Crippen LogP contribution < -0.4 is 0 Å². The van der Waals surface area contributed by atoms with Gasteiger partial charge in [0.2, 0.25) is 5.91 Å². The van der Waals surface area contributed by atoms with E-state index in [9.17, 15) is 4.79 Å². The van der Waals surface area contributed by atoms with E-state index in [1.807, 2.05) is 0 Å².